The van der Waals surface area contributed by atoms with Crippen LogP contribution in [0.25, 0.3) is 22.3 Å². The number of benzene rings is 1. The van der Waals surface area contributed by atoms with Crippen molar-refractivity contribution in [3.05, 3.63) is 48.2 Å². The summed E-state index contributed by atoms with van der Waals surface area (Å²) in [6.07, 6.45) is 5.07. The van der Waals surface area contributed by atoms with E-state index in [0.29, 0.717) is 12.1 Å². The molecule has 3 aromatic rings. The molecule has 0 aliphatic rings. The molecule has 0 aliphatic heterocycles. The first kappa shape index (κ1) is 20.1. The standard InChI is InChI=1S/C23H30N4O/c1-5-7-11-14-26(17(3)4)23(28)19-15-21(18-12-9-8-10-13-18)25-22-20(19)16-24-27(22)6-2/h8-10,12-13,15-17H,5-7,11,14H2,1-4H3. The van der Waals surface area contributed by atoms with Crippen LogP contribution in [0.4, 0.5) is 0 Å². The van der Waals surface area contributed by atoms with Crippen LogP contribution in [0.1, 0.15) is 57.3 Å². The van der Waals surface area contributed by atoms with E-state index >= 15 is 0 Å². The maximum atomic E-state index is 13.5. The Labute approximate surface area is 167 Å². The van der Waals surface area contributed by atoms with Gasteiger partial charge in [0.05, 0.1) is 22.8 Å². The zero-order chi connectivity index (χ0) is 20.1. The highest BCUT2D eigenvalue weighted by Crippen LogP contribution is 2.26. The van der Waals surface area contributed by atoms with Crippen LogP contribution in [0.2, 0.25) is 0 Å². The third kappa shape index (κ3) is 4.08. The molecule has 28 heavy (non-hydrogen) atoms. The van der Waals surface area contributed by atoms with E-state index in [1.165, 1.54) is 0 Å². The molecule has 1 amide bonds. The van der Waals surface area contributed by atoms with E-state index in [0.717, 1.165) is 48.1 Å². The van der Waals surface area contributed by atoms with Gasteiger partial charge in [0.1, 0.15) is 0 Å². The number of hydrogen-bond acceptors (Lipinski definition) is 3. The van der Waals surface area contributed by atoms with Crippen LogP contribution in [-0.2, 0) is 6.54 Å². The summed E-state index contributed by atoms with van der Waals surface area (Å²) in [6, 6.07) is 12.1. The summed E-state index contributed by atoms with van der Waals surface area (Å²) < 4.78 is 1.86. The number of pyridine rings is 1. The van der Waals surface area contributed by atoms with Crippen molar-refractivity contribution in [2.75, 3.05) is 6.54 Å². The molecule has 2 aromatic heterocycles. The molecule has 0 saturated carbocycles. The van der Waals surface area contributed by atoms with Crippen LogP contribution in [0, 0.1) is 0 Å². The summed E-state index contributed by atoms with van der Waals surface area (Å²) in [6.45, 7) is 9.87. The first-order valence-corrected chi connectivity index (χ1v) is 10.3. The third-order valence-electron chi connectivity index (χ3n) is 5.10. The maximum Gasteiger partial charge on any atom is 0.254 e. The number of aryl methyl sites for hydroxylation is 1. The Kier molecular flexibility index (Phi) is 6.45. The van der Waals surface area contributed by atoms with Crippen LogP contribution in [0.15, 0.2) is 42.6 Å². The molecule has 148 valence electrons. The number of nitrogens with zero attached hydrogens (tertiary/aromatic N) is 4. The van der Waals surface area contributed by atoms with Crippen molar-refractivity contribution >= 4 is 16.9 Å². The summed E-state index contributed by atoms with van der Waals surface area (Å²) in [7, 11) is 0. The lowest BCUT2D eigenvalue weighted by Gasteiger charge is -2.27. The minimum Gasteiger partial charge on any atom is -0.336 e. The summed E-state index contributed by atoms with van der Waals surface area (Å²) in [4.78, 5) is 20.3. The number of carbonyl (C=O) groups is 1. The number of rotatable bonds is 8. The molecule has 1 aromatic carbocycles. The molecule has 0 N–H and O–H groups in total. The van der Waals surface area contributed by atoms with E-state index in [9.17, 15) is 4.79 Å². The van der Waals surface area contributed by atoms with Gasteiger partial charge in [0.15, 0.2) is 5.65 Å². The lowest BCUT2D eigenvalue weighted by atomic mass is 10.0. The normalized spacial score (nSPS) is 11.3. The number of hydrogen-bond donors (Lipinski definition) is 0. The number of carbonyl (C=O) groups excluding carboxylic acids is 1. The van der Waals surface area contributed by atoms with E-state index < -0.39 is 0 Å². The van der Waals surface area contributed by atoms with Gasteiger partial charge in [0.2, 0.25) is 0 Å². The third-order valence-corrected chi connectivity index (χ3v) is 5.10. The van der Waals surface area contributed by atoms with Gasteiger partial charge in [-0.25, -0.2) is 9.67 Å². The molecule has 0 aliphatic carbocycles. The highest BCUT2D eigenvalue weighted by atomic mass is 16.2. The van der Waals surface area contributed by atoms with Crippen molar-refractivity contribution < 1.29 is 4.79 Å². The largest absolute Gasteiger partial charge is 0.336 e. The highest BCUT2D eigenvalue weighted by Gasteiger charge is 2.23. The smallest absolute Gasteiger partial charge is 0.254 e. The number of unbranched alkanes of at least 4 members (excludes halogenated alkanes) is 2. The monoisotopic (exact) mass is 378 g/mol. The lowest BCUT2D eigenvalue weighted by molar-refractivity contribution is 0.0704. The van der Waals surface area contributed by atoms with Gasteiger partial charge in [0, 0.05) is 24.7 Å². The highest BCUT2D eigenvalue weighted by molar-refractivity contribution is 6.06. The quantitative estimate of drug-likeness (QED) is 0.509. The van der Waals surface area contributed by atoms with Crippen molar-refractivity contribution in [3.8, 4) is 11.3 Å². The molecule has 2 heterocycles. The molecule has 0 radical (unpaired) electrons. The molecule has 5 nitrogen and oxygen atoms in total. The van der Waals surface area contributed by atoms with E-state index in [-0.39, 0.29) is 11.9 Å². The van der Waals surface area contributed by atoms with Gasteiger partial charge in [-0.05, 0) is 33.3 Å². The fourth-order valence-electron chi connectivity index (χ4n) is 3.49. The molecule has 0 atom stereocenters. The van der Waals surface area contributed by atoms with Crippen molar-refractivity contribution in [1.29, 1.82) is 0 Å². The number of amides is 1. The summed E-state index contributed by atoms with van der Waals surface area (Å²) in [5.41, 5.74) is 3.27. The summed E-state index contributed by atoms with van der Waals surface area (Å²) in [5, 5.41) is 5.28. The molecule has 0 spiro atoms. The molecule has 0 bridgehead atoms. The Morgan fingerprint density at radius 3 is 2.54 bits per heavy atom. The zero-order valence-electron chi connectivity index (χ0n) is 17.4. The molecule has 5 heteroatoms. The molecular formula is C23H30N4O. The second-order valence-corrected chi connectivity index (χ2v) is 7.42. The van der Waals surface area contributed by atoms with Gasteiger partial charge in [-0.2, -0.15) is 5.10 Å². The van der Waals surface area contributed by atoms with E-state index in [1.54, 1.807) is 6.20 Å². The topological polar surface area (TPSA) is 51.0 Å². The fourth-order valence-corrected chi connectivity index (χ4v) is 3.49. The lowest BCUT2D eigenvalue weighted by Crippen LogP contribution is -2.37. The molecular weight excluding hydrogens is 348 g/mol. The Morgan fingerprint density at radius 1 is 1.14 bits per heavy atom. The van der Waals surface area contributed by atoms with Crippen molar-refractivity contribution in [1.82, 2.24) is 19.7 Å². The van der Waals surface area contributed by atoms with Crippen LogP contribution in [0.5, 0.6) is 0 Å². The van der Waals surface area contributed by atoms with Crippen molar-refractivity contribution in [2.24, 2.45) is 0 Å². The van der Waals surface area contributed by atoms with Gasteiger partial charge in [-0.15, -0.1) is 0 Å². The van der Waals surface area contributed by atoms with E-state index in [1.807, 2.05) is 52.9 Å². The molecule has 0 fully saturated rings. The molecule has 3 rings (SSSR count). The average Bonchev–Trinajstić information content (AvgIpc) is 3.13. The van der Waals surface area contributed by atoms with Crippen LogP contribution in [-0.4, -0.2) is 38.2 Å². The summed E-state index contributed by atoms with van der Waals surface area (Å²) in [5.74, 6) is 0.0614. The van der Waals surface area contributed by atoms with Crippen LogP contribution in [0.3, 0.4) is 0 Å². The fraction of sp³-hybridized carbons (Fsp3) is 0.435. The Morgan fingerprint density at radius 2 is 1.89 bits per heavy atom. The molecule has 0 unspecified atom stereocenters. The van der Waals surface area contributed by atoms with E-state index in [4.69, 9.17) is 4.98 Å². The summed E-state index contributed by atoms with van der Waals surface area (Å²) >= 11 is 0. The number of aromatic nitrogens is 3. The SMILES string of the molecule is CCCCCN(C(=O)c1cc(-c2ccccc2)nc2c1cnn2CC)C(C)C. The number of fused-ring (bicyclic) bond motifs is 1. The molecule has 0 saturated heterocycles. The Bertz CT molecular complexity index is 930. The van der Waals surface area contributed by atoms with Gasteiger partial charge in [0.25, 0.3) is 5.91 Å². The van der Waals surface area contributed by atoms with E-state index in [2.05, 4.69) is 25.9 Å². The van der Waals surface area contributed by atoms with Crippen LogP contribution >= 0.6 is 0 Å². The van der Waals surface area contributed by atoms with Gasteiger partial charge < -0.3 is 4.90 Å². The van der Waals surface area contributed by atoms with Gasteiger partial charge in [-0.3, -0.25) is 4.79 Å². The average molecular weight is 379 g/mol. The van der Waals surface area contributed by atoms with Gasteiger partial charge in [-0.1, -0.05) is 50.1 Å². The maximum absolute atomic E-state index is 13.5. The predicted octanol–water partition coefficient (Wildman–Crippen LogP) is 5.16. The Balaban J connectivity index is 2.10. The minimum absolute atomic E-state index is 0.0614. The second kappa shape index (κ2) is 9.00. The Hall–Kier alpha value is -2.69. The van der Waals surface area contributed by atoms with Crippen molar-refractivity contribution in [2.45, 2.75) is 59.5 Å². The first-order chi connectivity index (χ1) is 13.6. The zero-order valence-corrected chi connectivity index (χ0v) is 17.4. The first-order valence-electron chi connectivity index (χ1n) is 10.3. The van der Waals surface area contributed by atoms with Crippen LogP contribution < -0.4 is 0 Å². The van der Waals surface area contributed by atoms with Crippen molar-refractivity contribution in [3.63, 3.8) is 0 Å². The predicted molar refractivity (Wildman–Crippen MR) is 114 cm³/mol. The minimum atomic E-state index is 0.0614. The second-order valence-electron chi connectivity index (χ2n) is 7.42. The van der Waals surface area contributed by atoms with Gasteiger partial charge >= 0.3 is 0 Å².